The molecule has 0 spiro atoms. The van der Waals surface area contributed by atoms with Gasteiger partial charge in [0.25, 0.3) is 0 Å². The van der Waals surface area contributed by atoms with Gasteiger partial charge in [-0.15, -0.1) is 11.8 Å². The molecule has 1 N–H and O–H groups in total. The molecule has 3 rings (SSSR count). The molecule has 2 aromatic rings. The van der Waals surface area contributed by atoms with Gasteiger partial charge >= 0.3 is 6.03 Å². The molecule has 0 radical (unpaired) electrons. The molecule has 1 fully saturated rings. The molecule has 2 amide bonds. The van der Waals surface area contributed by atoms with Crippen LogP contribution in [0.3, 0.4) is 0 Å². The van der Waals surface area contributed by atoms with E-state index in [0.717, 1.165) is 34.6 Å². The van der Waals surface area contributed by atoms with E-state index in [1.54, 1.807) is 16.7 Å². The number of rotatable bonds is 4. The number of carbonyl (C=O) groups excluding carboxylic acids is 2. The fraction of sp³-hybridized carbons (Fsp3) is 0.364. The molecule has 0 saturated carbocycles. The van der Waals surface area contributed by atoms with Crippen LogP contribution in [0.5, 0.6) is 0 Å². The zero-order valence-corrected chi connectivity index (χ0v) is 16.9. The van der Waals surface area contributed by atoms with Crippen LogP contribution in [0, 0.1) is 19.8 Å². The monoisotopic (exact) mass is 382 g/mol. The van der Waals surface area contributed by atoms with Crippen molar-refractivity contribution in [2.75, 3.05) is 24.7 Å². The highest BCUT2D eigenvalue weighted by atomic mass is 32.2. The molecule has 0 unspecified atom stereocenters. The average molecular weight is 383 g/mol. The molecule has 1 aliphatic heterocycles. The summed E-state index contributed by atoms with van der Waals surface area (Å²) in [6, 6.07) is 13.6. The zero-order chi connectivity index (χ0) is 19.4. The predicted octanol–water partition coefficient (Wildman–Crippen LogP) is 5.15. The van der Waals surface area contributed by atoms with Gasteiger partial charge in [-0.05, 0) is 56.7 Å². The Balaban J connectivity index is 1.65. The van der Waals surface area contributed by atoms with Crippen molar-refractivity contribution in [1.82, 2.24) is 4.90 Å². The van der Waals surface area contributed by atoms with Crippen molar-refractivity contribution >= 4 is 29.3 Å². The number of anilines is 1. The molecule has 2 aromatic carbocycles. The number of hydrogen-bond acceptors (Lipinski definition) is 3. The third kappa shape index (κ3) is 4.72. The molecular formula is C22H26N2O2S. The number of amides is 2. The second kappa shape index (κ2) is 8.61. The van der Waals surface area contributed by atoms with E-state index >= 15 is 0 Å². The first-order valence-corrected chi connectivity index (χ1v) is 10.5. The number of carbonyl (C=O) groups is 2. The lowest BCUT2D eigenvalue weighted by Gasteiger charge is -2.32. The Hall–Kier alpha value is -2.27. The van der Waals surface area contributed by atoms with Gasteiger partial charge in [0.05, 0.1) is 0 Å². The van der Waals surface area contributed by atoms with E-state index in [0.29, 0.717) is 13.1 Å². The molecule has 1 saturated heterocycles. The second-order valence-electron chi connectivity index (χ2n) is 7.13. The van der Waals surface area contributed by atoms with Crippen LogP contribution in [0.4, 0.5) is 10.5 Å². The van der Waals surface area contributed by atoms with E-state index in [4.69, 9.17) is 0 Å². The Kier molecular flexibility index (Phi) is 6.22. The largest absolute Gasteiger partial charge is 0.324 e. The summed E-state index contributed by atoms with van der Waals surface area (Å²) in [5.41, 5.74) is 3.77. The number of hydrogen-bond donors (Lipinski definition) is 1. The standard InChI is InChI=1S/C22H26N2O2S/c1-15-6-11-20(16(2)13-15)23-22(26)24-12-4-5-18(14-24)21(25)17-7-9-19(27-3)10-8-17/h6-11,13,18H,4-5,12,14H2,1-3H3,(H,23,26)/t18-/m0/s1. The van der Waals surface area contributed by atoms with Crippen molar-refractivity contribution in [3.8, 4) is 0 Å². The maximum absolute atomic E-state index is 12.9. The fourth-order valence-corrected chi connectivity index (χ4v) is 3.92. The summed E-state index contributed by atoms with van der Waals surface area (Å²) in [4.78, 5) is 28.5. The summed E-state index contributed by atoms with van der Waals surface area (Å²) in [6.45, 7) is 5.18. The number of ketones is 1. The van der Waals surface area contributed by atoms with Crippen LogP contribution in [0.2, 0.25) is 0 Å². The third-order valence-electron chi connectivity index (χ3n) is 5.08. The van der Waals surface area contributed by atoms with E-state index in [1.807, 2.05) is 56.5 Å². The average Bonchev–Trinajstić information content (AvgIpc) is 2.69. The third-order valence-corrected chi connectivity index (χ3v) is 5.82. The van der Waals surface area contributed by atoms with Crippen LogP contribution in [0.1, 0.15) is 34.3 Å². The van der Waals surface area contributed by atoms with E-state index in [9.17, 15) is 9.59 Å². The molecule has 142 valence electrons. The lowest BCUT2D eigenvalue weighted by molar-refractivity contribution is 0.0851. The normalized spacial score (nSPS) is 16.9. The molecule has 0 bridgehead atoms. The zero-order valence-electron chi connectivity index (χ0n) is 16.1. The second-order valence-corrected chi connectivity index (χ2v) is 8.01. The maximum Gasteiger partial charge on any atom is 0.321 e. The summed E-state index contributed by atoms with van der Waals surface area (Å²) < 4.78 is 0. The number of piperidine rings is 1. The molecular weight excluding hydrogens is 356 g/mol. The van der Waals surface area contributed by atoms with Gasteiger partial charge in [-0.3, -0.25) is 4.79 Å². The van der Waals surface area contributed by atoms with E-state index < -0.39 is 0 Å². The first kappa shape index (κ1) is 19.5. The Labute approximate surface area is 165 Å². The molecule has 4 nitrogen and oxygen atoms in total. The van der Waals surface area contributed by atoms with Gasteiger partial charge in [-0.1, -0.05) is 29.8 Å². The van der Waals surface area contributed by atoms with Crippen LogP contribution in [-0.2, 0) is 0 Å². The van der Waals surface area contributed by atoms with Gasteiger partial charge in [-0.2, -0.15) is 0 Å². The highest BCUT2D eigenvalue weighted by molar-refractivity contribution is 7.98. The van der Waals surface area contributed by atoms with Crippen molar-refractivity contribution in [3.05, 3.63) is 59.2 Å². The minimum absolute atomic E-state index is 0.128. The van der Waals surface area contributed by atoms with Gasteiger partial charge in [0.15, 0.2) is 5.78 Å². The summed E-state index contributed by atoms with van der Waals surface area (Å²) >= 11 is 1.66. The maximum atomic E-state index is 12.9. The number of nitrogens with zero attached hydrogens (tertiary/aromatic N) is 1. The van der Waals surface area contributed by atoms with Crippen LogP contribution < -0.4 is 5.32 Å². The first-order valence-electron chi connectivity index (χ1n) is 9.29. The van der Waals surface area contributed by atoms with Gasteiger partial charge in [0.1, 0.15) is 0 Å². The van der Waals surface area contributed by atoms with E-state index in [1.165, 1.54) is 5.56 Å². The molecule has 27 heavy (non-hydrogen) atoms. The van der Waals surface area contributed by atoms with Crippen LogP contribution in [-0.4, -0.2) is 36.1 Å². The number of nitrogens with one attached hydrogen (secondary N) is 1. The molecule has 1 aliphatic rings. The van der Waals surface area contributed by atoms with Crippen molar-refractivity contribution in [2.24, 2.45) is 5.92 Å². The first-order chi connectivity index (χ1) is 13.0. The Morgan fingerprint density at radius 2 is 1.85 bits per heavy atom. The predicted molar refractivity (Wildman–Crippen MR) is 112 cm³/mol. The minimum atomic E-state index is -0.135. The number of aryl methyl sites for hydroxylation is 2. The number of urea groups is 1. The summed E-state index contributed by atoms with van der Waals surface area (Å²) in [5, 5.41) is 2.99. The van der Waals surface area contributed by atoms with Gasteiger partial charge in [-0.25, -0.2) is 4.79 Å². The summed E-state index contributed by atoms with van der Waals surface area (Å²) in [5.74, 6) is -0.00425. The molecule has 0 aromatic heterocycles. The minimum Gasteiger partial charge on any atom is -0.324 e. The smallest absolute Gasteiger partial charge is 0.321 e. The van der Waals surface area contributed by atoms with Crippen LogP contribution >= 0.6 is 11.8 Å². The molecule has 5 heteroatoms. The van der Waals surface area contributed by atoms with Gasteiger partial charge in [0.2, 0.25) is 0 Å². The highest BCUT2D eigenvalue weighted by Crippen LogP contribution is 2.24. The van der Waals surface area contributed by atoms with Gasteiger partial charge in [0, 0.05) is 35.2 Å². The SMILES string of the molecule is CSc1ccc(C(=O)[C@H]2CCCN(C(=O)Nc3ccc(C)cc3C)C2)cc1. The van der Waals surface area contributed by atoms with Crippen molar-refractivity contribution in [1.29, 1.82) is 0 Å². The van der Waals surface area contributed by atoms with Crippen LogP contribution in [0.25, 0.3) is 0 Å². The summed E-state index contributed by atoms with van der Waals surface area (Å²) in [6.07, 6.45) is 3.69. The van der Waals surface area contributed by atoms with Crippen molar-refractivity contribution < 1.29 is 9.59 Å². The Morgan fingerprint density at radius 1 is 1.11 bits per heavy atom. The van der Waals surface area contributed by atoms with E-state index in [2.05, 4.69) is 11.4 Å². The Bertz CT molecular complexity index is 833. The quantitative estimate of drug-likeness (QED) is 0.587. The lowest BCUT2D eigenvalue weighted by atomic mass is 9.90. The van der Waals surface area contributed by atoms with Crippen molar-refractivity contribution in [2.45, 2.75) is 31.6 Å². The number of likely N-dealkylation sites (tertiary alicyclic amines) is 1. The molecule has 0 aliphatic carbocycles. The van der Waals surface area contributed by atoms with Crippen LogP contribution in [0.15, 0.2) is 47.4 Å². The fourth-order valence-electron chi connectivity index (χ4n) is 3.51. The number of Topliss-reactive ketones (excluding diaryl/α,β-unsaturated/α-hetero) is 1. The van der Waals surface area contributed by atoms with Crippen molar-refractivity contribution in [3.63, 3.8) is 0 Å². The molecule has 1 atom stereocenters. The van der Waals surface area contributed by atoms with E-state index in [-0.39, 0.29) is 17.7 Å². The highest BCUT2D eigenvalue weighted by Gasteiger charge is 2.29. The van der Waals surface area contributed by atoms with Gasteiger partial charge < -0.3 is 10.2 Å². The number of benzene rings is 2. The number of thioether (sulfide) groups is 1. The molecule has 1 heterocycles. The Morgan fingerprint density at radius 3 is 2.52 bits per heavy atom. The topological polar surface area (TPSA) is 49.4 Å². The lowest BCUT2D eigenvalue weighted by Crippen LogP contribution is -2.44. The summed E-state index contributed by atoms with van der Waals surface area (Å²) in [7, 11) is 0.